The zero-order valence-corrected chi connectivity index (χ0v) is 34.9. The Balaban J connectivity index is 1.17. The van der Waals surface area contributed by atoms with Crippen LogP contribution < -0.4 is 0 Å². The minimum absolute atomic E-state index is 0.0224. The van der Waals surface area contributed by atoms with Crippen LogP contribution in [0.15, 0.2) is 11.6 Å². The molecule has 1 unspecified atom stereocenters. The summed E-state index contributed by atoms with van der Waals surface area (Å²) < 4.78 is 23.4. The Bertz CT molecular complexity index is 1730. The van der Waals surface area contributed by atoms with Crippen LogP contribution in [0.5, 0.6) is 0 Å². The van der Waals surface area contributed by atoms with E-state index in [1.165, 1.54) is 5.57 Å². The second-order valence-corrected chi connectivity index (χ2v) is 20.9. The van der Waals surface area contributed by atoms with Crippen LogP contribution in [-0.2, 0) is 38.1 Å². The Morgan fingerprint density at radius 3 is 1.90 bits per heavy atom. The summed E-state index contributed by atoms with van der Waals surface area (Å²) in [6.45, 7) is 17.1. The lowest BCUT2D eigenvalue weighted by atomic mass is 9.33. The average Bonchev–Trinajstić information content (AvgIpc) is 3.13. The van der Waals surface area contributed by atoms with E-state index in [4.69, 9.17) is 18.9 Å². The molecular weight excluding hydrogens is 756 g/mol. The number of carboxylic acids is 2. The molecule has 326 valence electrons. The maximum atomic E-state index is 14.9. The molecule has 15 nitrogen and oxygen atoms in total. The summed E-state index contributed by atoms with van der Waals surface area (Å²) in [7, 11) is 0. The van der Waals surface area contributed by atoms with Crippen molar-refractivity contribution in [3.05, 3.63) is 11.6 Å². The van der Waals surface area contributed by atoms with Gasteiger partial charge in [0.05, 0.1) is 6.10 Å². The Morgan fingerprint density at radius 1 is 0.707 bits per heavy atom. The number of Topliss-reactive ketones (excluding diaryl/α,β-unsaturated/α-hetero) is 1. The number of hydrogen-bond acceptors (Lipinski definition) is 13. The highest BCUT2D eigenvalue weighted by molar-refractivity contribution is 5.95. The zero-order valence-electron chi connectivity index (χ0n) is 34.9. The van der Waals surface area contributed by atoms with Crippen LogP contribution in [0.1, 0.15) is 113 Å². The number of carbonyl (C=O) groups is 4. The van der Waals surface area contributed by atoms with Crippen molar-refractivity contribution < 1.29 is 73.9 Å². The molecule has 0 bridgehead atoms. The van der Waals surface area contributed by atoms with Gasteiger partial charge in [0.25, 0.3) is 0 Å². The maximum absolute atomic E-state index is 14.9. The van der Waals surface area contributed by atoms with Gasteiger partial charge in [0.15, 0.2) is 30.6 Å². The number of aliphatic hydroxyl groups excluding tert-OH is 5. The van der Waals surface area contributed by atoms with Crippen molar-refractivity contribution in [2.75, 3.05) is 0 Å². The Morgan fingerprint density at radius 2 is 1.29 bits per heavy atom. The van der Waals surface area contributed by atoms with Crippen LogP contribution in [-0.4, -0.2) is 127 Å². The Hall–Kier alpha value is -2.34. The maximum Gasteiger partial charge on any atom is 0.335 e. The molecule has 5 aliphatic carbocycles. The van der Waals surface area contributed by atoms with E-state index in [9.17, 15) is 54.9 Å². The Kier molecular flexibility index (Phi) is 10.8. The van der Waals surface area contributed by atoms with E-state index in [1.807, 2.05) is 19.9 Å². The first-order valence-corrected chi connectivity index (χ1v) is 21.0. The summed E-state index contributed by atoms with van der Waals surface area (Å²) >= 11 is 0. The molecule has 0 spiro atoms. The molecule has 15 heteroatoms. The van der Waals surface area contributed by atoms with Gasteiger partial charge in [-0.1, -0.05) is 54.0 Å². The third-order valence-corrected chi connectivity index (χ3v) is 17.6. The fourth-order valence-corrected chi connectivity index (χ4v) is 13.5. The molecule has 4 saturated carbocycles. The molecule has 7 N–H and O–H groups in total. The predicted octanol–water partition coefficient (Wildman–Crippen LogP) is 2.75. The fraction of sp³-hybridized carbons (Fsp3) is 0.860. The van der Waals surface area contributed by atoms with E-state index in [0.29, 0.717) is 12.8 Å². The van der Waals surface area contributed by atoms with Crippen LogP contribution in [0, 0.1) is 50.2 Å². The molecule has 0 amide bonds. The number of aliphatic carboxylic acids is 2. The summed E-state index contributed by atoms with van der Waals surface area (Å²) in [6.07, 6.45) is -11.1. The molecule has 58 heavy (non-hydrogen) atoms. The minimum atomic E-state index is -2.04. The van der Waals surface area contributed by atoms with Gasteiger partial charge in [-0.25, -0.2) is 9.59 Å². The molecular formula is C43H64O15. The second kappa shape index (κ2) is 14.4. The van der Waals surface area contributed by atoms with Gasteiger partial charge in [-0.3, -0.25) is 9.59 Å². The summed E-state index contributed by atoms with van der Waals surface area (Å²) in [4.78, 5) is 51.8. The van der Waals surface area contributed by atoms with Gasteiger partial charge >= 0.3 is 11.9 Å². The van der Waals surface area contributed by atoms with Crippen LogP contribution in [0.4, 0.5) is 0 Å². The quantitative estimate of drug-likeness (QED) is 0.183. The van der Waals surface area contributed by atoms with Crippen molar-refractivity contribution in [1.82, 2.24) is 0 Å². The van der Waals surface area contributed by atoms with E-state index in [0.717, 1.165) is 44.9 Å². The van der Waals surface area contributed by atoms with Crippen molar-refractivity contribution in [2.24, 2.45) is 50.2 Å². The molecule has 0 aromatic heterocycles. The molecule has 0 aromatic rings. The van der Waals surface area contributed by atoms with Gasteiger partial charge in [-0.15, -0.1) is 0 Å². The summed E-state index contributed by atoms with van der Waals surface area (Å²) in [6, 6.07) is 0. The van der Waals surface area contributed by atoms with E-state index in [1.54, 1.807) is 6.92 Å². The number of carboxylic acid groups (broad SMARTS) is 2. The normalized spacial score (nSPS) is 52.6. The molecule has 2 aliphatic heterocycles. The first-order chi connectivity index (χ1) is 26.8. The van der Waals surface area contributed by atoms with Gasteiger partial charge in [0.2, 0.25) is 0 Å². The van der Waals surface area contributed by atoms with Gasteiger partial charge in [-0.05, 0) is 110 Å². The predicted molar refractivity (Wildman–Crippen MR) is 202 cm³/mol. The molecule has 7 rings (SSSR count). The molecule has 2 heterocycles. The highest BCUT2D eigenvalue weighted by Crippen LogP contribution is 2.75. The zero-order chi connectivity index (χ0) is 42.9. The van der Waals surface area contributed by atoms with Crippen molar-refractivity contribution in [1.29, 1.82) is 0 Å². The average molecular weight is 821 g/mol. The van der Waals surface area contributed by atoms with E-state index >= 15 is 0 Å². The number of carbonyl (C=O) groups excluding carboxylic acids is 2. The fourth-order valence-electron chi connectivity index (χ4n) is 13.5. The highest BCUT2D eigenvalue weighted by atomic mass is 16.8. The lowest BCUT2D eigenvalue weighted by Gasteiger charge is -2.70. The SMILES string of the molecule is CC(=O)[C@@]1(C)CC[C@]2(C)CC[C@]3(C)C(=CC(=O)[C@@H]4[C@@]5(C)CC[C@H](OC6O[C@H](C(=O)O)[C@@H](O)[C@H](O)[C@H]6O[C@@H]6O[C@H](C(=O)O)[C@@H](O)[C@H](O)[C@H]6O)C(C)(C)[C@@H]5CC[C@]43C)[C@@H]2C1. The third kappa shape index (κ3) is 6.30. The van der Waals surface area contributed by atoms with Crippen LogP contribution in [0.2, 0.25) is 0 Å². The number of aliphatic hydroxyl groups is 5. The first-order valence-electron chi connectivity index (χ1n) is 21.0. The number of allylic oxidation sites excluding steroid dienone is 2. The Labute approximate surface area is 339 Å². The standard InChI is InChI=1S/C43H64O15/c1-19(44)40(5)14-13-39(4)15-16-42(7)20(21(39)18-40)17-22(45)33-41(6)11-10-24(38(2,3)23(41)9-12-43(33,42)8)55-37-32(28(49)27(48)31(57-37)35(53)54)58-36-29(50)25(46)26(47)30(56-36)34(51)52/h17,21,23-33,36-37,46-50H,9-16,18H2,1-8H3,(H,51,52)(H,53,54)/t21-,23-,24-,25-,26-,27-,28-,29+,30-,31-,32+,33+,36-,37?,39+,40-,41-,42+,43+/m0/s1. The van der Waals surface area contributed by atoms with Crippen molar-refractivity contribution in [3.8, 4) is 0 Å². The molecule has 7 aliphatic rings. The van der Waals surface area contributed by atoms with Gasteiger partial charge < -0.3 is 54.7 Å². The second-order valence-electron chi connectivity index (χ2n) is 20.9. The number of fused-ring (bicyclic) bond motifs is 7. The number of ether oxygens (including phenoxy) is 4. The van der Waals surface area contributed by atoms with E-state index in [-0.39, 0.29) is 45.6 Å². The molecule has 6 fully saturated rings. The lowest BCUT2D eigenvalue weighted by Crippen LogP contribution is -2.68. The smallest absolute Gasteiger partial charge is 0.335 e. The highest BCUT2D eigenvalue weighted by Gasteiger charge is 2.71. The largest absolute Gasteiger partial charge is 0.479 e. The number of ketones is 2. The van der Waals surface area contributed by atoms with Crippen LogP contribution in [0.25, 0.3) is 0 Å². The third-order valence-electron chi connectivity index (χ3n) is 17.6. The number of rotatable bonds is 7. The summed E-state index contributed by atoms with van der Waals surface area (Å²) in [5.41, 5.74) is -0.931. The lowest BCUT2D eigenvalue weighted by molar-refractivity contribution is -0.371. The first kappa shape index (κ1) is 43.7. The number of hydrogen-bond donors (Lipinski definition) is 7. The molecule has 2 saturated heterocycles. The molecule has 0 radical (unpaired) electrons. The van der Waals surface area contributed by atoms with Crippen LogP contribution in [0.3, 0.4) is 0 Å². The van der Waals surface area contributed by atoms with E-state index in [2.05, 4.69) is 34.6 Å². The van der Waals surface area contributed by atoms with Crippen LogP contribution >= 0.6 is 0 Å². The summed E-state index contributed by atoms with van der Waals surface area (Å²) in [5, 5.41) is 72.8. The van der Waals surface area contributed by atoms with Gasteiger partial charge in [-0.2, -0.15) is 0 Å². The van der Waals surface area contributed by atoms with Gasteiger partial charge in [0.1, 0.15) is 42.4 Å². The molecule has 19 atom stereocenters. The summed E-state index contributed by atoms with van der Waals surface area (Å²) in [5.74, 6) is -3.14. The monoisotopic (exact) mass is 820 g/mol. The topological polar surface area (TPSA) is 247 Å². The minimum Gasteiger partial charge on any atom is -0.479 e. The van der Waals surface area contributed by atoms with E-state index < -0.39 is 95.7 Å². The molecule has 0 aromatic carbocycles. The van der Waals surface area contributed by atoms with Crippen molar-refractivity contribution in [2.45, 2.75) is 181 Å². The van der Waals surface area contributed by atoms with Crippen molar-refractivity contribution in [3.63, 3.8) is 0 Å². The van der Waals surface area contributed by atoms with Crippen molar-refractivity contribution >= 4 is 23.5 Å². The van der Waals surface area contributed by atoms with Gasteiger partial charge in [0, 0.05) is 11.3 Å².